The molecule has 0 radical (unpaired) electrons. The maximum Gasteiger partial charge on any atom is 0.311 e. The number of carbonyl (C=O) groups excluding carboxylic acids is 1. The largest absolute Gasteiger partial charge is 0.481 e. The lowest BCUT2D eigenvalue weighted by Crippen LogP contribution is -2.26. The Morgan fingerprint density at radius 3 is 2.56 bits per heavy atom. The number of hydrogen-bond acceptors (Lipinski definition) is 5. The van der Waals surface area contributed by atoms with Crippen molar-refractivity contribution < 1.29 is 19.4 Å². The van der Waals surface area contributed by atoms with Crippen LogP contribution in [0.25, 0.3) is 0 Å². The average Bonchev–Trinajstić information content (AvgIpc) is 2.27. The number of carboxylic acids is 1. The molecule has 6 heteroatoms. The van der Waals surface area contributed by atoms with Gasteiger partial charge in [-0.05, 0) is 25.7 Å². The maximum absolute atomic E-state index is 11.6. The Balaban J connectivity index is 3.81. The summed E-state index contributed by atoms with van der Waals surface area (Å²) in [5.41, 5.74) is 5.30. The van der Waals surface area contributed by atoms with E-state index in [1.54, 1.807) is 5.41 Å². The van der Waals surface area contributed by atoms with Crippen LogP contribution >= 0.6 is 11.8 Å². The van der Waals surface area contributed by atoms with Gasteiger partial charge in [-0.2, -0.15) is 0 Å². The molecule has 0 aliphatic carbocycles. The summed E-state index contributed by atoms with van der Waals surface area (Å²) >= 11 is 1.34. The first-order valence-electron chi connectivity index (χ1n) is 5.74. The highest BCUT2D eigenvalue weighted by Crippen LogP contribution is 2.21. The first-order chi connectivity index (χ1) is 8.29. The zero-order valence-electron chi connectivity index (χ0n) is 11.1. The van der Waals surface area contributed by atoms with E-state index in [1.807, 2.05) is 20.8 Å². The van der Waals surface area contributed by atoms with Gasteiger partial charge < -0.3 is 15.6 Å². The fourth-order valence-electron chi connectivity index (χ4n) is 0.904. The van der Waals surface area contributed by atoms with E-state index >= 15 is 0 Å². The van der Waals surface area contributed by atoms with Crippen LogP contribution < -0.4 is 5.73 Å². The van der Waals surface area contributed by atoms with Gasteiger partial charge in [-0.25, -0.2) is 0 Å². The summed E-state index contributed by atoms with van der Waals surface area (Å²) in [6, 6.07) is 0. The van der Waals surface area contributed by atoms with E-state index in [0.717, 1.165) is 6.42 Å². The summed E-state index contributed by atoms with van der Waals surface area (Å²) in [6.07, 6.45) is 0.556. The van der Waals surface area contributed by atoms with Crippen LogP contribution in [0.4, 0.5) is 0 Å². The minimum Gasteiger partial charge on any atom is -0.481 e. The Bertz CT molecular complexity index is 326. The lowest BCUT2D eigenvalue weighted by atomic mass is 9.91. The highest BCUT2D eigenvalue weighted by atomic mass is 32.2. The molecule has 3 N–H and O–H groups in total. The molecule has 0 bridgehead atoms. The van der Waals surface area contributed by atoms with Crippen LogP contribution in [-0.2, 0) is 14.3 Å². The maximum atomic E-state index is 11.6. The second-order valence-electron chi connectivity index (χ2n) is 4.51. The molecule has 0 aliphatic heterocycles. The van der Waals surface area contributed by atoms with E-state index in [-0.39, 0.29) is 12.4 Å². The topological polar surface area (TPSA) is 89.6 Å². The Morgan fingerprint density at radius 2 is 2.06 bits per heavy atom. The third kappa shape index (κ3) is 7.21. The number of aliphatic carboxylic acids is 1. The van der Waals surface area contributed by atoms with Crippen molar-refractivity contribution in [2.45, 2.75) is 33.6 Å². The Labute approximate surface area is 112 Å². The molecule has 0 rings (SSSR count). The summed E-state index contributed by atoms with van der Waals surface area (Å²) < 4.78 is 5.11. The zero-order chi connectivity index (χ0) is 14.2. The summed E-state index contributed by atoms with van der Waals surface area (Å²) in [5, 5.41) is 10.1. The third-order valence-corrected chi connectivity index (χ3v) is 3.33. The summed E-state index contributed by atoms with van der Waals surface area (Å²) in [7, 11) is 0. The van der Waals surface area contributed by atoms with Crippen LogP contribution in [0.15, 0.2) is 11.1 Å². The quantitative estimate of drug-likeness (QED) is 0.520. The second kappa shape index (κ2) is 8.02. The van der Waals surface area contributed by atoms with E-state index in [1.165, 1.54) is 11.8 Å². The molecule has 0 saturated carbocycles. The van der Waals surface area contributed by atoms with Gasteiger partial charge in [0.15, 0.2) is 0 Å². The first kappa shape index (κ1) is 16.8. The van der Waals surface area contributed by atoms with E-state index in [4.69, 9.17) is 15.6 Å². The number of carbonyl (C=O) groups is 2. The number of rotatable bonds is 8. The van der Waals surface area contributed by atoms with Gasteiger partial charge in [0.05, 0.1) is 11.8 Å². The molecular weight excluding hydrogens is 254 g/mol. The van der Waals surface area contributed by atoms with Gasteiger partial charge in [0, 0.05) is 11.4 Å². The van der Waals surface area contributed by atoms with Crippen molar-refractivity contribution >= 4 is 23.7 Å². The number of ether oxygens (including phenoxy) is 1. The van der Waals surface area contributed by atoms with Crippen molar-refractivity contribution in [3.8, 4) is 0 Å². The Kier molecular flexibility index (Phi) is 7.50. The Hall–Kier alpha value is -1.17. The average molecular weight is 275 g/mol. The van der Waals surface area contributed by atoms with Gasteiger partial charge in [0.2, 0.25) is 0 Å². The van der Waals surface area contributed by atoms with Gasteiger partial charge in [-0.3, -0.25) is 9.59 Å². The van der Waals surface area contributed by atoms with Gasteiger partial charge in [0.1, 0.15) is 6.61 Å². The molecule has 0 unspecified atom stereocenters. The molecule has 0 atom stereocenters. The van der Waals surface area contributed by atoms with Crippen molar-refractivity contribution in [2.24, 2.45) is 11.1 Å². The van der Waals surface area contributed by atoms with Crippen LogP contribution in [-0.4, -0.2) is 29.4 Å². The predicted octanol–water partition coefficient (Wildman–Crippen LogP) is 1.97. The third-order valence-electron chi connectivity index (χ3n) is 2.46. The van der Waals surface area contributed by atoms with Crippen molar-refractivity contribution in [1.82, 2.24) is 0 Å². The molecule has 0 fully saturated rings. The standard InChI is InChI=1S/C12H21NO4S/c1-4-12(2,3)11(16)17-5-6-18-8-9(13)7-10(14)15/h8H,4-7,13H2,1-3H3,(H,14,15)/b9-8-. The number of nitrogens with two attached hydrogens (primary N) is 1. The lowest BCUT2D eigenvalue weighted by molar-refractivity contribution is -0.153. The Morgan fingerprint density at radius 1 is 1.44 bits per heavy atom. The number of carboxylic acid groups (broad SMARTS) is 1. The summed E-state index contributed by atoms with van der Waals surface area (Å²) in [4.78, 5) is 21.9. The SMILES string of the molecule is CCC(C)(C)C(=O)OCCS/C=C(\N)CC(=O)O. The van der Waals surface area contributed by atoms with Crippen LogP contribution in [0, 0.1) is 5.41 Å². The lowest BCUT2D eigenvalue weighted by Gasteiger charge is -2.19. The van der Waals surface area contributed by atoms with E-state index in [2.05, 4.69) is 0 Å². The normalized spacial score (nSPS) is 12.3. The van der Waals surface area contributed by atoms with E-state index in [0.29, 0.717) is 18.1 Å². The molecule has 0 spiro atoms. The predicted molar refractivity (Wildman–Crippen MR) is 72.0 cm³/mol. The van der Waals surface area contributed by atoms with Crippen LogP contribution in [0.2, 0.25) is 0 Å². The monoisotopic (exact) mass is 275 g/mol. The highest BCUT2D eigenvalue weighted by molar-refractivity contribution is 8.02. The molecule has 0 heterocycles. The molecule has 18 heavy (non-hydrogen) atoms. The molecule has 5 nitrogen and oxygen atoms in total. The zero-order valence-corrected chi connectivity index (χ0v) is 11.9. The second-order valence-corrected chi connectivity index (χ2v) is 5.48. The number of esters is 1. The smallest absolute Gasteiger partial charge is 0.311 e. The van der Waals surface area contributed by atoms with Gasteiger partial charge in [-0.1, -0.05) is 6.92 Å². The van der Waals surface area contributed by atoms with Crippen molar-refractivity contribution in [1.29, 1.82) is 0 Å². The van der Waals surface area contributed by atoms with Gasteiger partial charge in [-0.15, -0.1) is 11.8 Å². The van der Waals surface area contributed by atoms with E-state index < -0.39 is 11.4 Å². The fourth-order valence-corrected chi connectivity index (χ4v) is 1.50. The summed E-state index contributed by atoms with van der Waals surface area (Å²) in [5.74, 6) is -0.611. The molecule has 0 aliphatic rings. The van der Waals surface area contributed by atoms with Crippen LogP contribution in [0.1, 0.15) is 33.6 Å². The molecule has 0 aromatic rings. The molecule has 0 aromatic heterocycles. The van der Waals surface area contributed by atoms with Crippen LogP contribution in [0.3, 0.4) is 0 Å². The van der Waals surface area contributed by atoms with Gasteiger partial charge >= 0.3 is 11.9 Å². The van der Waals surface area contributed by atoms with Crippen molar-refractivity contribution in [2.75, 3.05) is 12.4 Å². The molecule has 104 valence electrons. The summed E-state index contributed by atoms with van der Waals surface area (Å²) in [6.45, 7) is 5.91. The molecule has 0 amide bonds. The van der Waals surface area contributed by atoms with Gasteiger partial charge in [0.25, 0.3) is 0 Å². The van der Waals surface area contributed by atoms with E-state index in [9.17, 15) is 9.59 Å². The fraction of sp³-hybridized carbons (Fsp3) is 0.667. The minimum atomic E-state index is -0.958. The number of hydrogen-bond donors (Lipinski definition) is 2. The minimum absolute atomic E-state index is 0.171. The molecular formula is C12H21NO4S. The molecule has 0 aromatic carbocycles. The molecule has 0 saturated heterocycles. The first-order valence-corrected chi connectivity index (χ1v) is 6.79. The van der Waals surface area contributed by atoms with Crippen molar-refractivity contribution in [3.63, 3.8) is 0 Å². The van der Waals surface area contributed by atoms with Crippen LogP contribution in [0.5, 0.6) is 0 Å². The van der Waals surface area contributed by atoms with Crippen molar-refractivity contribution in [3.05, 3.63) is 11.1 Å². The highest BCUT2D eigenvalue weighted by Gasteiger charge is 2.26. The number of thioether (sulfide) groups is 1.